The Balaban J connectivity index is 2.09. The lowest BCUT2D eigenvalue weighted by Gasteiger charge is -2.05. The Labute approximate surface area is 107 Å². The molecule has 0 saturated carbocycles. The number of para-hydroxylation sites is 1. The number of carbonyl (C=O) groups is 2. The third-order valence-electron chi connectivity index (χ3n) is 2.31. The zero-order chi connectivity index (χ0) is 13.2. The Hall–Kier alpha value is -1.84. The second-order valence-corrected chi connectivity index (χ2v) is 3.76. The van der Waals surface area contributed by atoms with Crippen LogP contribution in [0.1, 0.15) is 26.2 Å². The van der Waals surface area contributed by atoms with E-state index in [-0.39, 0.29) is 13.0 Å². The Morgan fingerprint density at radius 3 is 2.50 bits per heavy atom. The molecule has 0 saturated heterocycles. The summed E-state index contributed by atoms with van der Waals surface area (Å²) < 4.78 is 10.1. The highest BCUT2D eigenvalue weighted by atomic mass is 16.5. The molecule has 1 aromatic rings. The number of hydrogen-bond acceptors (Lipinski definition) is 4. The van der Waals surface area contributed by atoms with Gasteiger partial charge in [-0.2, -0.15) is 0 Å². The lowest BCUT2D eigenvalue weighted by atomic mass is 10.2. The third-order valence-corrected chi connectivity index (χ3v) is 2.31. The lowest BCUT2D eigenvalue weighted by Crippen LogP contribution is -2.17. The molecule has 98 valence electrons. The summed E-state index contributed by atoms with van der Waals surface area (Å²) in [5, 5.41) is 0. The number of ketones is 1. The predicted molar refractivity (Wildman–Crippen MR) is 67.4 cm³/mol. The van der Waals surface area contributed by atoms with Gasteiger partial charge in [-0.3, -0.25) is 4.79 Å². The van der Waals surface area contributed by atoms with Crippen LogP contribution in [0.15, 0.2) is 30.3 Å². The second-order valence-electron chi connectivity index (χ2n) is 3.76. The Bertz CT molecular complexity index is 373. The van der Waals surface area contributed by atoms with Crippen LogP contribution in [0, 0.1) is 0 Å². The minimum Gasteiger partial charge on any atom is -0.494 e. The molecule has 18 heavy (non-hydrogen) atoms. The first kappa shape index (κ1) is 14.2. The lowest BCUT2D eigenvalue weighted by molar-refractivity contribution is -0.153. The van der Waals surface area contributed by atoms with Crippen molar-refractivity contribution in [1.82, 2.24) is 0 Å². The number of hydrogen-bond donors (Lipinski definition) is 0. The van der Waals surface area contributed by atoms with Gasteiger partial charge < -0.3 is 9.47 Å². The quantitative estimate of drug-likeness (QED) is 0.404. The van der Waals surface area contributed by atoms with Gasteiger partial charge in [0.15, 0.2) is 0 Å². The van der Waals surface area contributed by atoms with Crippen LogP contribution < -0.4 is 4.74 Å². The maximum Gasteiger partial charge on any atom is 0.374 e. The number of unbranched alkanes of at least 4 members (excludes halogenated alkanes) is 1. The normalized spacial score (nSPS) is 9.83. The molecule has 1 aromatic carbocycles. The highest BCUT2D eigenvalue weighted by Crippen LogP contribution is 2.09. The minimum atomic E-state index is -0.735. The average Bonchev–Trinajstić information content (AvgIpc) is 2.39. The SMILES string of the molecule is CCOC(=O)C(=O)CCCCOc1ccccc1. The summed E-state index contributed by atoms with van der Waals surface area (Å²) in [5.41, 5.74) is 0. The first-order valence-corrected chi connectivity index (χ1v) is 6.12. The van der Waals surface area contributed by atoms with Crippen LogP contribution in [0.25, 0.3) is 0 Å². The molecule has 0 N–H and O–H groups in total. The van der Waals surface area contributed by atoms with E-state index in [4.69, 9.17) is 4.74 Å². The molecule has 0 bridgehead atoms. The van der Waals surface area contributed by atoms with Crippen molar-refractivity contribution < 1.29 is 19.1 Å². The second kappa shape index (κ2) is 8.28. The van der Waals surface area contributed by atoms with E-state index in [0.29, 0.717) is 13.0 Å². The van der Waals surface area contributed by atoms with Crippen molar-refractivity contribution in [1.29, 1.82) is 0 Å². The van der Waals surface area contributed by atoms with Gasteiger partial charge in [-0.05, 0) is 31.9 Å². The standard InChI is InChI=1S/C14H18O4/c1-2-17-14(16)13(15)10-6-7-11-18-12-8-4-3-5-9-12/h3-5,8-9H,2,6-7,10-11H2,1H3. The molecule has 0 aliphatic rings. The van der Waals surface area contributed by atoms with E-state index < -0.39 is 11.8 Å². The Morgan fingerprint density at radius 1 is 1.11 bits per heavy atom. The van der Waals surface area contributed by atoms with Crippen LogP contribution in [-0.2, 0) is 14.3 Å². The number of esters is 1. The van der Waals surface area contributed by atoms with Gasteiger partial charge in [-0.25, -0.2) is 4.79 Å². The van der Waals surface area contributed by atoms with Crippen molar-refractivity contribution in [3.63, 3.8) is 0 Å². The van der Waals surface area contributed by atoms with Gasteiger partial charge in [0.05, 0.1) is 13.2 Å². The highest BCUT2D eigenvalue weighted by Gasteiger charge is 2.13. The zero-order valence-electron chi connectivity index (χ0n) is 10.6. The van der Waals surface area contributed by atoms with Crippen LogP contribution in [-0.4, -0.2) is 25.0 Å². The summed E-state index contributed by atoms with van der Waals surface area (Å²) in [6, 6.07) is 9.48. The molecule has 0 aromatic heterocycles. The summed E-state index contributed by atoms with van der Waals surface area (Å²) in [5.74, 6) is -0.382. The first-order valence-electron chi connectivity index (χ1n) is 6.12. The number of rotatable bonds is 8. The van der Waals surface area contributed by atoms with Crippen molar-refractivity contribution in [2.75, 3.05) is 13.2 Å². The summed E-state index contributed by atoms with van der Waals surface area (Å²) in [4.78, 5) is 22.3. The van der Waals surface area contributed by atoms with Crippen LogP contribution in [0.5, 0.6) is 5.75 Å². The van der Waals surface area contributed by atoms with Crippen molar-refractivity contribution in [2.24, 2.45) is 0 Å². The predicted octanol–water partition coefficient (Wildman–Crippen LogP) is 2.37. The van der Waals surface area contributed by atoms with Crippen molar-refractivity contribution in [3.05, 3.63) is 30.3 Å². The molecule has 0 atom stereocenters. The Morgan fingerprint density at radius 2 is 1.83 bits per heavy atom. The van der Waals surface area contributed by atoms with E-state index in [0.717, 1.165) is 12.2 Å². The summed E-state index contributed by atoms with van der Waals surface area (Å²) in [6.45, 7) is 2.46. The van der Waals surface area contributed by atoms with Crippen LogP contribution in [0.4, 0.5) is 0 Å². The minimum absolute atomic E-state index is 0.219. The smallest absolute Gasteiger partial charge is 0.374 e. The number of carbonyl (C=O) groups excluding carboxylic acids is 2. The maximum absolute atomic E-state index is 11.3. The summed E-state index contributed by atoms with van der Waals surface area (Å²) >= 11 is 0. The van der Waals surface area contributed by atoms with Crippen molar-refractivity contribution in [3.8, 4) is 5.75 Å². The molecule has 0 amide bonds. The Kier molecular flexibility index (Phi) is 6.54. The van der Waals surface area contributed by atoms with Gasteiger partial charge in [0, 0.05) is 6.42 Å². The highest BCUT2D eigenvalue weighted by molar-refractivity contribution is 6.33. The molecule has 4 nitrogen and oxygen atoms in total. The van der Waals surface area contributed by atoms with E-state index >= 15 is 0 Å². The van der Waals surface area contributed by atoms with Gasteiger partial charge >= 0.3 is 5.97 Å². The monoisotopic (exact) mass is 250 g/mol. The summed E-state index contributed by atoms with van der Waals surface area (Å²) in [7, 11) is 0. The van der Waals surface area contributed by atoms with Crippen molar-refractivity contribution in [2.45, 2.75) is 26.2 Å². The van der Waals surface area contributed by atoms with Crippen LogP contribution in [0.3, 0.4) is 0 Å². The largest absolute Gasteiger partial charge is 0.494 e. The van der Waals surface area contributed by atoms with Gasteiger partial charge in [0.25, 0.3) is 0 Å². The fraction of sp³-hybridized carbons (Fsp3) is 0.429. The van der Waals surface area contributed by atoms with E-state index in [1.165, 1.54) is 0 Å². The number of benzene rings is 1. The summed E-state index contributed by atoms with van der Waals surface area (Å²) in [6.07, 6.45) is 1.58. The molecule has 0 aliphatic heterocycles. The fourth-order valence-corrected chi connectivity index (χ4v) is 1.41. The van der Waals surface area contributed by atoms with Crippen molar-refractivity contribution >= 4 is 11.8 Å². The van der Waals surface area contributed by atoms with Gasteiger partial charge in [-0.1, -0.05) is 18.2 Å². The fourth-order valence-electron chi connectivity index (χ4n) is 1.41. The van der Waals surface area contributed by atoms with Gasteiger partial charge in [0.2, 0.25) is 5.78 Å². The molecule has 1 rings (SSSR count). The molecule has 0 radical (unpaired) electrons. The third kappa shape index (κ3) is 5.48. The topological polar surface area (TPSA) is 52.6 Å². The molecule has 0 fully saturated rings. The number of ether oxygens (including phenoxy) is 2. The van der Waals surface area contributed by atoms with Gasteiger partial charge in [-0.15, -0.1) is 0 Å². The maximum atomic E-state index is 11.3. The first-order chi connectivity index (χ1) is 8.74. The number of Topliss-reactive ketones (excluding diaryl/α,β-unsaturated/α-hetero) is 1. The van der Waals surface area contributed by atoms with E-state index in [1.807, 2.05) is 30.3 Å². The molecule has 0 unspecified atom stereocenters. The van der Waals surface area contributed by atoms with Crippen LogP contribution >= 0.6 is 0 Å². The molecular formula is C14H18O4. The van der Waals surface area contributed by atoms with E-state index in [1.54, 1.807) is 6.92 Å². The molecule has 0 heterocycles. The van der Waals surface area contributed by atoms with E-state index in [2.05, 4.69) is 4.74 Å². The molecule has 0 spiro atoms. The van der Waals surface area contributed by atoms with Crippen LogP contribution in [0.2, 0.25) is 0 Å². The average molecular weight is 250 g/mol. The van der Waals surface area contributed by atoms with Gasteiger partial charge in [0.1, 0.15) is 5.75 Å². The molecular weight excluding hydrogens is 232 g/mol. The van der Waals surface area contributed by atoms with E-state index in [9.17, 15) is 9.59 Å². The molecule has 4 heteroatoms. The zero-order valence-corrected chi connectivity index (χ0v) is 10.6. The molecule has 0 aliphatic carbocycles.